The molecule has 116 valence electrons. The molecule has 0 saturated carbocycles. The molecule has 0 aliphatic carbocycles. The van der Waals surface area contributed by atoms with Gasteiger partial charge in [-0.05, 0) is 32.4 Å². The van der Waals surface area contributed by atoms with Crippen LogP contribution in [0, 0.1) is 0 Å². The molecule has 5 heteroatoms. The lowest BCUT2D eigenvalue weighted by Gasteiger charge is -2.17. The first-order valence-electron chi connectivity index (χ1n) is 7.26. The Bertz CT molecular complexity index is 512. The van der Waals surface area contributed by atoms with Crippen molar-refractivity contribution in [2.75, 3.05) is 13.7 Å². The molecule has 2 atom stereocenters. The maximum Gasteiger partial charge on any atom is 0.305 e. The van der Waals surface area contributed by atoms with E-state index in [0.717, 1.165) is 17.7 Å². The molecule has 1 aromatic rings. The molecule has 0 radical (unpaired) electrons. The Labute approximate surface area is 124 Å². The molecule has 1 heterocycles. The van der Waals surface area contributed by atoms with Crippen LogP contribution in [-0.2, 0) is 16.0 Å². The van der Waals surface area contributed by atoms with Crippen LogP contribution in [0.5, 0.6) is 11.5 Å². The van der Waals surface area contributed by atoms with Crippen LogP contribution in [0.25, 0.3) is 0 Å². The summed E-state index contributed by atoms with van der Waals surface area (Å²) >= 11 is 0. The van der Waals surface area contributed by atoms with E-state index in [1.165, 1.54) is 7.11 Å². The van der Waals surface area contributed by atoms with Crippen LogP contribution in [0.1, 0.15) is 43.9 Å². The third kappa shape index (κ3) is 3.67. The Kier molecular flexibility index (Phi) is 5.07. The Morgan fingerprint density at radius 1 is 1.52 bits per heavy atom. The summed E-state index contributed by atoms with van der Waals surface area (Å²) in [5.41, 5.74) is 1.75. The fourth-order valence-corrected chi connectivity index (χ4v) is 2.51. The minimum absolute atomic E-state index is 0.136. The number of fused-ring (bicyclic) bond motifs is 1. The number of carbonyl (C=O) groups is 1. The summed E-state index contributed by atoms with van der Waals surface area (Å²) in [7, 11) is 1.34. The molecule has 1 aliphatic heterocycles. The van der Waals surface area contributed by atoms with Crippen LogP contribution >= 0.6 is 0 Å². The van der Waals surface area contributed by atoms with Crippen molar-refractivity contribution in [3.63, 3.8) is 0 Å². The maximum absolute atomic E-state index is 11.2. The highest BCUT2D eigenvalue weighted by Crippen LogP contribution is 2.38. The number of hydrogen-bond acceptors (Lipinski definition) is 5. The highest BCUT2D eigenvalue weighted by Gasteiger charge is 2.24. The third-order valence-electron chi connectivity index (χ3n) is 3.54. The van der Waals surface area contributed by atoms with Crippen molar-refractivity contribution in [2.24, 2.45) is 0 Å². The number of methoxy groups -OCH3 is 1. The van der Waals surface area contributed by atoms with E-state index in [0.29, 0.717) is 24.3 Å². The number of ether oxygens (including phenoxy) is 3. The maximum atomic E-state index is 11.2. The van der Waals surface area contributed by atoms with Gasteiger partial charge >= 0.3 is 5.97 Å². The second-order valence-corrected chi connectivity index (χ2v) is 5.19. The van der Waals surface area contributed by atoms with E-state index in [9.17, 15) is 9.90 Å². The van der Waals surface area contributed by atoms with Gasteiger partial charge in [0.25, 0.3) is 0 Å². The van der Waals surface area contributed by atoms with Crippen LogP contribution in [0.3, 0.4) is 0 Å². The fourth-order valence-electron chi connectivity index (χ4n) is 2.51. The van der Waals surface area contributed by atoms with Gasteiger partial charge in [-0.15, -0.1) is 0 Å². The molecule has 1 N–H and O–H groups in total. The van der Waals surface area contributed by atoms with Crippen molar-refractivity contribution in [3.8, 4) is 11.5 Å². The molecule has 2 rings (SSSR count). The lowest BCUT2D eigenvalue weighted by Crippen LogP contribution is -2.07. The Morgan fingerprint density at radius 2 is 2.29 bits per heavy atom. The van der Waals surface area contributed by atoms with Crippen LogP contribution in [-0.4, -0.2) is 30.9 Å². The molecule has 0 bridgehead atoms. The molecule has 0 amide bonds. The zero-order valence-corrected chi connectivity index (χ0v) is 12.7. The van der Waals surface area contributed by atoms with Crippen LogP contribution in [0.4, 0.5) is 0 Å². The van der Waals surface area contributed by atoms with Gasteiger partial charge in [0.1, 0.15) is 17.6 Å². The first-order chi connectivity index (χ1) is 10.0. The van der Waals surface area contributed by atoms with Crippen molar-refractivity contribution in [3.05, 3.63) is 23.3 Å². The summed E-state index contributed by atoms with van der Waals surface area (Å²) < 4.78 is 15.9. The van der Waals surface area contributed by atoms with Gasteiger partial charge in [-0.3, -0.25) is 4.79 Å². The first-order valence-corrected chi connectivity index (χ1v) is 7.26. The molecule has 0 spiro atoms. The average Bonchev–Trinajstić information content (AvgIpc) is 2.82. The van der Waals surface area contributed by atoms with Gasteiger partial charge in [0.15, 0.2) is 0 Å². The smallest absolute Gasteiger partial charge is 0.305 e. The van der Waals surface area contributed by atoms with Crippen molar-refractivity contribution >= 4 is 5.97 Å². The average molecular weight is 294 g/mol. The van der Waals surface area contributed by atoms with Gasteiger partial charge in [-0.1, -0.05) is 0 Å². The van der Waals surface area contributed by atoms with E-state index >= 15 is 0 Å². The monoisotopic (exact) mass is 294 g/mol. The summed E-state index contributed by atoms with van der Waals surface area (Å²) in [6.45, 7) is 4.43. The number of benzene rings is 1. The van der Waals surface area contributed by atoms with Crippen molar-refractivity contribution in [2.45, 2.75) is 45.3 Å². The second-order valence-electron chi connectivity index (χ2n) is 5.19. The summed E-state index contributed by atoms with van der Waals surface area (Å²) in [4.78, 5) is 11.2. The number of aliphatic hydroxyl groups is 1. The molecule has 0 aromatic heterocycles. The lowest BCUT2D eigenvalue weighted by molar-refractivity contribution is -0.141. The standard InChI is InChI=1S/C16H22O5/c1-4-20-15-8-11-7-10(2)21-14(11)9-12(15)13(17)5-6-16(18)19-3/h8-10,13,17H,4-7H2,1-3H3. The second kappa shape index (κ2) is 6.80. The minimum atomic E-state index is -0.782. The number of hydrogen-bond donors (Lipinski definition) is 1. The van der Waals surface area contributed by atoms with Gasteiger partial charge in [-0.25, -0.2) is 0 Å². The van der Waals surface area contributed by atoms with Crippen LogP contribution in [0.2, 0.25) is 0 Å². The van der Waals surface area contributed by atoms with Gasteiger partial charge in [0.05, 0.1) is 19.8 Å². The SMILES string of the molecule is CCOc1cc2c(cc1C(O)CCC(=O)OC)OC(C)C2. The Hall–Kier alpha value is -1.75. The van der Waals surface area contributed by atoms with Gasteiger partial charge in [-0.2, -0.15) is 0 Å². The molecule has 1 aromatic carbocycles. The molecule has 2 unspecified atom stereocenters. The third-order valence-corrected chi connectivity index (χ3v) is 3.54. The number of rotatable bonds is 6. The molecular formula is C16H22O5. The molecule has 0 saturated heterocycles. The number of aliphatic hydroxyl groups excluding tert-OH is 1. The predicted octanol–water partition coefficient (Wildman–Crippen LogP) is 2.40. The molecule has 0 fully saturated rings. The number of esters is 1. The topological polar surface area (TPSA) is 65.0 Å². The van der Waals surface area contributed by atoms with Crippen LogP contribution in [0.15, 0.2) is 12.1 Å². The van der Waals surface area contributed by atoms with Crippen LogP contribution < -0.4 is 9.47 Å². The summed E-state index contributed by atoms with van der Waals surface area (Å²) in [6.07, 6.45) is 0.652. The highest BCUT2D eigenvalue weighted by molar-refractivity contribution is 5.69. The van der Waals surface area contributed by atoms with Crippen molar-refractivity contribution in [1.29, 1.82) is 0 Å². The Balaban J connectivity index is 2.20. The molecule has 5 nitrogen and oxygen atoms in total. The first kappa shape index (κ1) is 15.6. The summed E-state index contributed by atoms with van der Waals surface area (Å²) in [5, 5.41) is 10.3. The zero-order valence-electron chi connectivity index (χ0n) is 12.7. The van der Waals surface area contributed by atoms with Crippen molar-refractivity contribution < 1.29 is 24.1 Å². The predicted molar refractivity (Wildman–Crippen MR) is 77.6 cm³/mol. The number of carbonyl (C=O) groups excluding carboxylic acids is 1. The van der Waals surface area contributed by atoms with E-state index in [4.69, 9.17) is 9.47 Å². The summed E-state index contributed by atoms with van der Waals surface area (Å²) in [5.74, 6) is 1.11. The quantitative estimate of drug-likeness (QED) is 0.816. The fraction of sp³-hybridized carbons (Fsp3) is 0.562. The van der Waals surface area contributed by atoms with Gasteiger partial charge < -0.3 is 19.3 Å². The van der Waals surface area contributed by atoms with Crippen molar-refractivity contribution in [1.82, 2.24) is 0 Å². The van der Waals surface area contributed by atoms with E-state index in [-0.39, 0.29) is 18.5 Å². The normalized spacial score (nSPS) is 17.8. The van der Waals surface area contributed by atoms with E-state index in [1.807, 2.05) is 26.0 Å². The van der Waals surface area contributed by atoms with E-state index in [2.05, 4.69) is 4.74 Å². The highest BCUT2D eigenvalue weighted by atomic mass is 16.5. The lowest BCUT2D eigenvalue weighted by atomic mass is 10.00. The van der Waals surface area contributed by atoms with Gasteiger partial charge in [0, 0.05) is 24.0 Å². The van der Waals surface area contributed by atoms with E-state index in [1.54, 1.807) is 0 Å². The van der Waals surface area contributed by atoms with Gasteiger partial charge in [0.2, 0.25) is 0 Å². The zero-order chi connectivity index (χ0) is 15.4. The van der Waals surface area contributed by atoms with E-state index < -0.39 is 6.10 Å². The summed E-state index contributed by atoms with van der Waals surface area (Å²) in [6, 6.07) is 3.75. The molecule has 21 heavy (non-hydrogen) atoms. The largest absolute Gasteiger partial charge is 0.493 e. The molecular weight excluding hydrogens is 272 g/mol. The Morgan fingerprint density at radius 3 is 2.95 bits per heavy atom. The molecule has 1 aliphatic rings. The minimum Gasteiger partial charge on any atom is -0.493 e.